The van der Waals surface area contributed by atoms with Crippen LogP contribution in [0.5, 0.6) is 0 Å². The van der Waals surface area contributed by atoms with Crippen LogP contribution >= 0.6 is 0 Å². The topological polar surface area (TPSA) is 15.3 Å². The molecule has 0 aliphatic carbocycles. The van der Waals surface area contributed by atoms with Crippen molar-refractivity contribution in [1.29, 1.82) is 0 Å². The predicted molar refractivity (Wildman–Crippen MR) is 81.0 cm³/mol. The molecule has 18 heavy (non-hydrogen) atoms. The molecule has 0 aromatic heterocycles. The van der Waals surface area contributed by atoms with Crippen molar-refractivity contribution in [2.24, 2.45) is 11.8 Å². The summed E-state index contributed by atoms with van der Waals surface area (Å²) in [6.07, 6.45) is 6.92. The van der Waals surface area contributed by atoms with Crippen LogP contribution in [0.3, 0.4) is 0 Å². The third kappa shape index (κ3) is 5.71. The van der Waals surface area contributed by atoms with Gasteiger partial charge in [0.15, 0.2) is 0 Å². The molecule has 1 saturated heterocycles. The molecule has 1 aliphatic heterocycles. The molecule has 1 fully saturated rings. The van der Waals surface area contributed by atoms with Gasteiger partial charge in [0.05, 0.1) is 0 Å². The Bertz CT molecular complexity index is 203. The van der Waals surface area contributed by atoms with Crippen LogP contribution in [-0.4, -0.2) is 37.1 Å². The minimum atomic E-state index is 0.773. The quantitative estimate of drug-likeness (QED) is 0.699. The van der Waals surface area contributed by atoms with Gasteiger partial charge in [0, 0.05) is 6.04 Å². The van der Waals surface area contributed by atoms with Crippen LogP contribution in [0.4, 0.5) is 0 Å². The summed E-state index contributed by atoms with van der Waals surface area (Å²) < 4.78 is 0. The molecule has 2 unspecified atom stereocenters. The van der Waals surface area contributed by atoms with Gasteiger partial charge in [-0.1, -0.05) is 20.8 Å². The highest BCUT2D eigenvalue weighted by Gasteiger charge is 2.21. The van der Waals surface area contributed by atoms with E-state index in [0.29, 0.717) is 0 Å². The summed E-state index contributed by atoms with van der Waals surface area (Å²) in [7, 11) is 0. The highest BCUT2D eigenvalue weighted by Crippen LogP contribution is 2.25. The molecule has 0 spiro atoms. The molecule has 1 N–H and O–H groups in total. The van der Waals surface area contributed by atoms with Gasteiger partial charge in [-0.3, -0.25) is 0 Å². The minimum Gasteiger partial charge on any atom is -0.317 e. The van der Waals surface area contributed by atoms with E-state index in [1.165, 1.54) is 51.7 Å². The van der Waals surface area contributed by atoms with Gasteiger partial charge in [-0.15, -0.1) is 0 Å². The molecule has 0 saturated carbocycles. The lowest BCUT2D eigenvalue weighted by Crippen LogP contribution is -2.34. The van der Waals surface area contributed by atoms with Crippen molar-refractivity contribution >= 4 is 0 Å². The SMILES string of the molecule is CCNCCCC(C)N1CCCC(C(C)C)CC1. The van der Waals surface area contributed by atoms with Crippen LogP contribution in [0.1, 0.15) is 59.8 Å². The monoisotopic (exact) mass is 254 g/mol. The fourth-order valence-electron chi connectivity index (χ4n) is 3.13. The second-order valence-electron chi connectivity index (χ2n) is 6.32. The van der Waals surface area contributed by atoms with E-state index in [0.717, 1.165) is 24.4 Å². The molecule has 2 atom stereocenters. The molecule has 0 amide bonds. The third-order valence-electron chi connectivity index (χ3n) is 4.60. The Labute approximate surface area is 115 Å². The van der Waals surface area contributed by atoms with Gasteiger partial charge >= 0.3 is 0 Å². The van der Waals surface area contributed by atoms with E-state index in [9.17, 15) is 0 Å². The zero-order chi connectivity index (χ0) is 13.4. The van der Waals surface area contributed by atoms with Gasteiger partial charge in [0.25, 0.3) is 0 Å². The van der Waals surface area contributed by atoms with Crippen LogP contribution in [-0.2, 0) is 0 Å². The van der Waals surface area contributed by atoms with Gasteiger partial charge in [-0.25, -0.2) is 0 Å². The number of hydrogen-bond donors (Lipinski definition) is 1. The van der Waals surface area contributed by atoms with Crippen molar-refractivity contribution in [3.05, 3.63) is 0 Å². The Morgan fingerprint density at radius 2 is 1.94 bits per heavy atom. The molecular formula is C16H34N2. The molecule has 2 heteroatoms. The third-order valence-corrected chi connectivity index (χ3v) is 4.60. The van der Waals surface area contributed by atoms with Crippen molar-refractivity contribution in [3.63, 3.8) is 0 Å². The van der Waals surface area contributed by atoms with E-state index in [2.05, 4.69) is 37.9 Å². The summed E-state index contributed by atoms with van der Waals surface area (Å²) >= 11 is 0. The predicted octanol–water partition coefficient (Wildman–Crippen LogP) is 3.52. The van der Waals surface area contributed by atoms with E-state index in [4.69, 9.17) is 0 Å². The maximum absolute atomic E-state index is 3.42. The fourth-order valence-corrected chi connectivity index (χ4v) is 3.13. The lowest BCUT2D eigenvalue weighted by Gasteiger charge is -2.28. The number of hydrogen-bond acceptors (Lipinski definition) is 2. The zero-order valence-corrected chi connectivity index (χ0v) is 13.0. The maximum atomic E-state index is 3.42. The zero-order valence-electron chi connectivity index (χ0n) is 13.0. The number of rotatable bonds is 7. The largest absolute Gasteiger partial charge is 0.317 e. The molecule has 1 heterocycles. The number of likely N-dealkylation sites (tertiary alicyclic amines) is 1. The summed E-state index contributed by atoms with van der Waals surface area (Å²) in [5.74, 6) is 1.83. The van der Waals surface area contributed by atoms with Crippen LogP contribution in [0, 0.1) is 11.8 Å². The summed E-state index contributed by atoms with van der Waals surface area (Å²) in [6.45, 7) is 14.3. The standard InChI is InChI=1S/C16H34N2/c1-5-17-11-6-8-15(4)18-12-7-9-16(10-13-18)14(2)3/h14-17H,5-13H2,1-4H3. The normalized spacial score (nSPS) is 24.2. The Morgan fingerprint density at radius 1 is 1.17 bits per heavy atom. The first-order valence-corrected chi connectivity index (χ1v) is 8.09. The molecule has 1 rings (SSSR count). The highest BCUT2D eigenvalue weighted by atomic mass is 15.1. The minimum absolute atomic E-state index is 0.773. The van der Waals surface area contributed by atoms with E-state index in [-0.39, 0.29) is 0 Å². The van der Waals surface area contributed by atoms with Crippen molar-refractivity contribution in [2.45, 2.75) is 65.8 Å². The smallest absolute Gasteiger partial charge is 0.00674 e. The van der Waals surface area contributed by atoms with Crippen molar-refractivity contribution < 1.29 is 0 Å². The van der Waals surface area contributed by atoms with E-state index < -0.39 is 0 Å². The molecule has 0 radical (unpaired) electrons. The first-order valence-electron chi connectivity index (χ1n) is 8.09. The van der Waals surface area contributed by atoms with E-state index >= 15 is 0 Å². The second kappa shape index (κ2) is 8.92. The van der Waals surface area contributed by atoms with Gasteiger partial charge in [0.2, 0.25) is 0 Å². The van der Waals surface area contributed by atoms with Crippen LogP contribution in [0.25, 0.3) is 0 Å². The summed E-state index contributed by atoms with van der Waals surface area (Å²) in [5.41, 5.74) is 0. The number of nitrogens with zero attached hydrogens (tertiary/aromatic N) is 1. The summed E-state index contributed by atoms with van der Waals surface area (Å²) in [4.78, 5) is 2.73. The van der Waals surface area contributed by atoms with Crippen LogP contribution in [0.2, 0.25) is 0 Å². The Hall–Kier alpha value is -0.0800. The lowest BCUT2D eigenvalue weighted by atomic mass is 9.89. The Balaban J connectivity index is 2.24. The van der Waals surface area contributed by atoms with E-state index in [1.807, 2.05) is 0 Å². The average Bonchev–Trinajstić information content (AvgIpc) is 2.60. The Kier molecular flexibility index (Phi) is 7.92. The number of nitrogens with one attached hydrogen (secondary N) is 1. The molecule has 0 aromatic rings. The van der Waals surface area contributed by atoms with Gasteiger partial charge < -0.3 is 10.2 Å². The second-order valence-corrected chi connectivity index (χ2v) is 6.32. The molecular weight excluding hydrogens is 220 g/mol. The van der Waals surface area contributed by atoms with Gasteiger partial charge in [-0.2, -0.15) is 0 Å². The highest BCUT2D eigenvalue weighted by molar-refractivity contribution is 4.75. The van der Waals surface area contributed by atoms with Crippen molar-refractivity contribution in [2.75, 3.05) is 26.2 Å². The average molecular weight is 254 g/mol. The molecule has 0 aromatic carbocycles. The summed E-state index contributed by atoms with van der Waals surface area (Å²) in [5, 5.41) is 3.42. The fraction of sp³-hybridized carbons (Fsp3) is 1.00. The first kappa shape index (κ1) is 16.0. The Morgan fingerprint density at radius 3 is 2.61 bits per heavy atom. The lowest BCUT2D eigenvalue weighted by molar-refractivity contribution is 0.199. The van der Waals surface area contributed by atoms with Gasteiger partial charge in [0.1, 0.15) is 0 Å². The maximum Gasteiger partial charge on any atom is 0.00674 e. The summed E-state index contributed by atoms with van der Waals surface area (Å²) in [6, 6.07) is 0.773. The van der Waals surface area contributed by atoms with Crippen molar-refractivity contribution in [3.8, 4) is 0 Å². The van der Waals surface area contributed by atoms with Crippen LogP contribution < -0.4 is 5.32 Å². The first-order chi connectivity index (χ1) is 8.65. The van der Waals surface area contributed by atoms with Gasteiger partial charge in [-0.05, 0) is 77.0 Å². The molecule has 0 bridgehead atoms. The molecule has 108 valence electrons. The molecule has 1 aliphatic rings. The van der Waals surface area contributed by atoms with E-state index in [1.54, 1.807) is 0 Å². The molecule has 2 nitrogen and oxygen atoms in total. The van der Waals surface area contributed by atoms with Crippen LogP contribution in [0.15, 0.2) is 0 Å². The van der Waals surface area contributed by atoms with Crippen molar-refractivity contribution in [1.82, 2.24) is 10.2 Å².